The van der Waals surface area contributed by atoms with Crippen LogP contribution < -0.4 is 0 Å². The van der Waals surface area contributed by atoms with Gasteiger partial charge in [-0.05, 0) is 28.8 Å². The Morgan fingerprint density at radius 1 is 1.21 bits per heavy atom. The van der Waals surface area contributed by atoms with E-state index in [0.717, 1.165) is 5.56 Å². The summed E-state index contributed by atoms with van der Waals surface area (Å²) in [6, 6.07) is 7.14. The molecule has 0 saturated heterocycles. The number of tetrazole rings is 1. The molecule has 0 N–H and O–H groups in total. The Bertz CT molecular complexity index is 981. The normalized spacial score (nSPS) is 11.1. The van der Waals surface area contributed by atoms with E-state index in [2.05, 4.69) is 25.6 Å². The molecular weight excluding hydrogens is 371 g/mol. The van der Waals surface area contributed by atoms with Crippen LogP contribution in [0.4, 0.5) is 0 Å². The zero-order valence-corrected chi connectivity index (χ0v) is 14.3. The average Bonchev–Trinajstić information content (AvgIpc) is 3.31. The molecule has 4 aromatic rings. The van der Waals surface area contributed by atoms with Crippen LogP contribution in [-0.2, 0) is 6.54 Å². The molecular formula is C14H8Cl2N6OS. The maximum Gasteiger partial charge on any atom is 0.259 e. The molecule has 3 aromatic heterocycles. The predicted octanol–water partition coefficient (Wildman–Crippen LogP) is 3.81. The van der Waals surface area contributed by atoms with Crippen LogP contribution in [-0.4, -0.2) is 30.3 Å². The van der Waals surface area contributed by atoms with E-state index in [1.165, 1.54) is 4.80 Å². The van der Waals surface area contributed by atoms with Crippen molar-refractivity contribution >= 4 is 34.5 Å². The van der Waals surface area contributed by atoms with Crippen LogP contribution >= 0.6 is 34.5 Å². The molecule has 10 heteroatoms. The van der Waals surface area contributed by atoms with Gasteiger partial charge in [0.15, 0.2) is 5.82 Å². The van der Waals surface area contributed by atoms with Crippen LogP contribution in [0.2, 0.25) is 10.0 Å². The number of hydrogen-bond donors (Lipinski definition) is 0. The van der Waals surface area contributed by atoms with Crippen molar-refractivity contribution in [3.05, 3.63) is 50.9 Å². The van der Waals surface area contributed by atoms with Crippen molar-refractivity contribution in [2.75, 3.05) is 0 Å². The zero-order valence-electron chi connectivity index (χ0n) is 11.9. The van der Waals surface area contributed by atoms with E-state index in [4.69, 9.17) is 27.7 Å². The Morgan fingerprint density at radius 2 is 2.12 bits per heavy atom. The first kappa shape index (κ1) is 15.3. The van der Waals surface area contributed by atoms with Crippen LogP contribution in [0.15, 0.2) is 39.5 Å². The molecule has 24 heavy (non-hydrogen) atoms. The average molecular weight is 379 g/mol. The predicted molar refractivity (Wildman–Crippen MR) is 90.0 cm³/mol. The van der Waals surface area contributed by atoms with Crippen LogP contribution in [0, 0.1) is 0 Å². The highest BCUT2D eigenvalue weighted by atomic mass is 35.5. The topological polar surface area (TPSA) is 82.5 Å². The van der Waals surface area contributed by atoms with Crippen LogP contribution in [0.25, 0.3) is 22.8 Å². The number of benzene rings is 1. The van der Waals surface area contributed by atoms with E-state index in [1.54, 1.807) is 29.5 Å². The Morgan fingerprint density at radius 3 is 2.96 bits per heavy atom. The van der Waals surface area contributed by atoms with Gasteiger partial charge >= 0.3 is 0 Å². The Labute approximate surface area is 149 Å². The molecule has 0 amide bonds. The van der Waals surface area contributed by atoms with Crippen LogP contribution in [0.1, 0.15) is 5.82 Å². The van der Waals surface area contributed by atoms with Crippen molar-refractivity contribution in [1.82, 2.24) is 30.3 Å². The lowest BCUT2D eigenvalue weighted by Gasteiger charge is -1.99. The maximum atomic E-state index is 6.16. The minimum atomic E-state index is 0.235. The summed E-state index contributed by atoms with van der Waals surface area (Å²) < 4.78 is 5.25. The van der Waals surface area contributed by atoms with Gasteiger partial charge in [-0.25, -0.2) is 0 Å². The van der Waals surface area contributed by atoms with Gasteiger partial charge in [0, 0.05) is 10.9 Å². The molecule has 0 saturated carbocycles. The van der Waals surface area contributed by atoms with Gasteiger partial charge in [0.25, 0.3) is 5.89 Å². The van der Waals surface area contributed by atoms with Gasteiger partial charge in [-0.15, -0.1) is 10.2 Å². The van der Waals surface area contributed by atoms with E-state index in [1.807, 2.05) is 16.8 Å². The second-order valence-corrected chi connectivity index (χ2v) is 6.34. The second kappa shape index (κ2) is 6.31. The van der Waals surface area contributed by atoms with Gasteiger partial charge in [0.05, 0.1) is 15.6 Å². The third-order valence-electron chi connectivity index (χ3n) is 3.17. The lowest BCUT2D eigenvalue weighted by atomic mass is 10.2. The molecule has 0 aliphatic rings. The first-order chi connectivity index (χ1) is 11.7. The quantitative estimate of drug-likeness (QED) is 0.536. The molecule has 0 unspecified atom stereocenters. The maximum absolute atomic E-state index is 6.16. The largest absolute Gasteiger partial charge is 0.334 e. The van der Waals surface area contributed by atoms with E-state index in [0.29, 0.717) is 27.3 Å². The van der Waals surface area contributed by atoms with Gasteiger partial charge in [-0.3, -0.25) is 0 Å². The monoisotopic (exact) mass is 378 g/mol. The van der Waals surface area contributed by atoms with Crippen molar-refractivity contribution in [3.8, 4) is 22.8 Å². The van der Waals surface area contributed by atoms with Gasteiger partial charge < -0.3 is 4.52 Å². The van der Waals surface area contributed by atoms with Crippen LogP contribution in [0.5, 0.6) is 0 Å². The third-order valence-corrected chi connectivity index (χ3v) is 4.67. The number of aromatic nitrogens is 6. The summed E-state index contributed by atoms with van der Waals surface area (Å²) in [6.45, 7) is 0.235. The molecule has 3 heterocycles. The minimum absolute atomic E-state index is 0.235. The standard InChI is InChI=1S/C14H8Cl2N6OS/c15-10-3-1-2-9(12(10)16)14-17-11(20-23-14)6-22-19-13(18-21-22)8-4-5-24-7-8/h1-5,7H,6H2. The molecule has 0 radical (unpaired) electrons. The molecule has 120 valence electrons. The molecule has 0 bridgehead atoms. The van der Waals surface area contributed by atoms with Gasteiger partial charge in [0.1, 0.15) is 6.54 Å². The first-order valence-corrected chi connectivity index (χ1v) is 8.48. The summed E-state index contributed by atoms with van der Waals surface area (Å²) in [6.07, 6.45) is 0. The van der Waals surface area contributed by atoms with E-state index >= 15 is 0 Å². The Kier molecular flexibility index (Phi) is 4.01. The highest BCUT2D eigenvalue weighted by Crippen LogP contribution is 2.32. The molecule has 0 aliphatic heterocycles. The minimum Gasteiger partial charge on any atom is -0.334 e. The summed E-state index contributed by atoms with van der Waals surface area (Å²) >= 11 is 13.7. The molecule has 0 atom stereocenters. The Balaban J connectivity index is 1.57. The fraction of sp³-hybridized carbons (Fsp3) is 0.0714. The van der Waals surface area contributed by atoms with E-state index in [-0.39, 0.29) is 12.4 Å². The highest BCUT2D eigenvalue weighted by molar-refractivity contribution is 7.08. The molecule has 0 aliphatic carbocycles. The zero-order chi connectivity index (χ0) is 16.5. The number of nitrogens with zero attached hydrogens (tertiary/aromatic N) is 6. The van der Waals surface area contributed by atoms with Crippen molar-refractivity contribution in [2.45, 2.75) is 6.54 Å². The molecule has 7 nitrogen and oxygen atoms in total. The first-order valence-electron chi connectivity index (χ1n) is 6.78. The summed E-state index contributed by atoms with van der Waals surface area (Å²) in [5, 5.41) is 20.9. The van der Waals surface area contributed by atoms with Gasteiger partial charge in [0.2, 0.25) is 5.82 Å². The fourth-order valence-corrected chi connectivity index (χ4v) is 3.06. The second-order valence-electron chi connectivity index (χ2n) is 4.77. The molecule has 0 spiro atoms. The highest BCUT2D eigenvalue weighted by Gasteiger charge is 2.15. The van der Waals surface area contributed by atoms with Gasteiger partial charge in [-0.1, -0.05) is 34.4 Å². The lowest BCUT2D eigenvalue weighted by Crippen LogP contribution is -2.05. The van der Waals surface area contributed by atoms with Crippen molar-refractivity contribution in [3.63, 3.8) is 0 Å². The van der Waals surface area contributed by atoms with E-state index < -0.39 is 0 Å². The van der Waals surface area contributed by atoms with Crippen molar-refractivity contribution < 1.29 is 4.52 Å². The SMILES string of the molecule is Clc1cccc(-c2nc(Cn3nnc(-c4ccsc4)n3)no2)c1Cl. The third kappa shape index (κ3) is 2.91. The molecule has 4 rings (SSSR count). The number of rotatable bonds is 4. The van der Waals surface area contributed by atoms with Crippen LogP contribution in [0.3, 0.4) is 0 Å². The lowest BCUT2D eigenvalue weighted by molar-refractivity contribution is 0.415. The summed E-state index contributed by atoms with van der Waals surface area (Å²) in [7, 11) is 0. The van der Waals surface area contributed by atoms with Crippen molar-refractivity contribution in [1.29, 1.82) is 0 Å². The smallest absolute Gasteiger partial charge is 0.259 e. The molecule has 1 aromatic carbocycles. The molecule has 0 fully saturated rings. The number of thiophene rings is 1. The van der Waals surface area contributed by atoms with E-state index in [9.17, 15) is 0 Å². The number of hydrogen-bond acceptors (Lipinski definition) is 7. The van der Waals surface area contributed by atoms with Crippen molar-refractivity contribution in [2.24, 2.45) is 0 Å². The summed E-state index contributed by atoms with van der Waals surface area (Å²) in [5.74, 6) is 1.25. The fourth-order valence-electron chi connectivity index (χ4n) is 2.04. The van der Waals surface area contributed by atoms with Gasteiger partial charge in [-0.2, -0.15) is 21.1 Å². The number of halogens is 2. The summed E-state index contributed by atoms with van der Waals surface area (Å²) in [4.78, 5) is 5.71. The summed E-state index contributed by atoms with van der Waals surface area (Å²) in [5.41, 5.74) is 1.50. The Hall–Kier alpha value is -2.29.